The second kappa shape index (κ2) is 6.18. The average molecular weight is 304 g/mol. The van der Waals surface area contributed by atoms with Gasteiger partial charge in [0.25, 0.3) is 0 Å². The molecule has 1 aromatic carbocycles. The molecule has 0 aliphatic carbocycles. The minimum atomic E-state index is -3.22. The summed E-state index contributed by atoms with van der Waals surface area (Å²) in [7, 11) is -3.22. The average Bonchev–Trinajstić information content (AvgIpc) is 2.26. The van der Waals surface area contributed by atoms with E-state index in [1.54, 1.807) is 0 Å². The zero-order valence-corrected chi connectivity index (χ0v) is 11.2. The molecule has 0 amide bonds. The van der Waals surface area contributed by atoms with Crippen LogP contribution in [-0.4, -0.2) is 20.7 Å². The highest BCUT2D eigenvalue weighted by Gasteiger charge is 2.09. The Labute approximate surface area is 105 Å². The molecule has 1 N–H and O–H groups in total. The van der Waals surface area contributed by atoms with Crippen LogP contribution < -0.4 is 4.72 Å². The molecule has 3 nitrogen and oxygen atoms in total. The molecule has 0 unspecified atom stereocenters. The molecule has 0 saturated heterocycles. The van der Waals surface area contributed by atoms with Crippen molar-refractivity contribution in [3.05, 3.63) is 47.0 Å². The van der Waals surface area contributed by atoms with Gasteiger partial charge in [0.15, 0.2) is 0 Å². The zero-order valence-electron chi connectivity index (χ0n) is 8.82. The molecule has 0 atom stereocenters. The number of aryl methyl sites for hydroxylation is 1. The van der Waals surface area contributed by atoms with E-state index in [0.717, 1.165) is 5.56 Å². The van der Waals surface area contributed by atoms with E-state index < -0.39 is 10.0 Å². The van der Waals surface area contributed by atoms with Gasteiger partial charge >= 0.3 is 0 Å². The van der Waals surface area contributed by atoms with Crippen molar-refractivity contribution < 1.29 is 8.42 Å². The number of rotatable bonds is 6. The van der Waals surface area contributed by atoms with Crippen molar-refractivity contribution in [3.63, 3.8) is 0 Å². The Morgan fingerprint density at radius 2 is 1.94 bits per heavy atom. The summed E-state index contributed by atoms with van der Waals surface area (Å²) in [4.78, 5) is 0. The van der Waals surface area contributed by atoms with Gasteiger partial charge in [0.1, 0.15) is 0 Å². The lowest BCUT2D eigenvalue weighted by Crippen LogP contribution is -2.28. The topological polar surface area (TPSA) is 46.2 Å². The van der Waals surface area contributed by atoms with Crippen molar-refractivity contribution in [2.75, 3.05) is 12.3 Å². The SMILES string of the molecule is C=C(Br)CNS(=O)(=O)CCc1ccccc1. The molecule has 0 fully saturated rings. The third-order valence-corrected chi connectivity index (χ3v) is 3.59. The van der Waals surface area contributed by atoms with Crippen molar-refractivity contribution in [3.8, 4) is 0 Å². The molecule has 0 bridgehead atoms. The highest BCUT2D eigenvalue weighted by atomic mass is 79.9. The zero-order chi connectivity index (χ0) is 12.0. The van der Waals surface area contributed by atoms with E-state index in [2.05, 4.69) is 27.2 Å². The summed E-state index contributed by atoms with van der Waals surface area (Å²) in [6.07, 6.45) is 0.519. The lowest BCUT2D eigenvalue weighted by Gasteiger charge is -2.05. The Morgan fingerprint density at radius 3 is 2.50 bits per heavy atom. The Bertz CT molecular complexity index is 442. The number of benzene rings is 1. The first-order valence-corrected chi connectivity index (χ1v) is 7.29. The van der Waals surface area contributed by atoms with Gasteiger partial charge in [-0.1, -0.05) is 52.8 Å². The molecule has 1 rings (SSSR count). The van der Waals surface area contributed by atoms with Crippen LogP contribution in [0.25, 0.3) is 0 Å². The van der Waals surface area contributed by atoms with Gasteiger partial charge in [0.2, 0.25) is 10.0 Å². The Hall–Kier alpha value is -0.650. The van der Waals surface area contributed by atoms with Crippen LogP contribution in [0.15, 0.2) is 41.4 Å². The maximum atomic E-state index is 11.5. The van der Waals surface area contributed by atoms with E-state index in [9.17, 15) is 8.42 Å². The lowest BCUT2D eigenvalue weighted by atomic mass is 10.2. The molecule has 5 heteroatoms. The minimum absolute atomic E-state index is 0.0945. The van der Waals surface area contributed by atoms with Gasteiger partial charge in [-0.2, -0.15) is 0 Å². The lowest BCUT2D eigenvalue weighted by molar-refractivity contribution is 0.584. The largest absolute Gasteiger partial charge is 0.212 e. The van der Waals surface area contributed by atoms with Crippen LogP contribution in [0.2, 0.25) is 0 Å². The molecule has 0 aromatic heterocycles. The van der Waals surface area contributed by atoms with Crippen LogP contribution in [0.1, 0.15) is 5.56 Å². The third kappa shape index (κ3) is 5.44. The van der Waals surface area contributed by atoms with Crippen molar-refractivity contribution >= 4 is 26.0 Å². The van der Waals surface area contributed by atoms with E-state index in [1.807, 2.05) is 30.3 Å². The summed E-state index contributed by atoms with van der Waals surface area (Å²) in [6.45, 7) is 3.80. The maximum absolute atomic E-state index is 11.5. The smallest absolute Gasteiger partial charge is 0.212 e. The molecule has 0 saturated carbocycles. The van der Waals surface area contributed by atoms with Gasteiger partial charge in [-0.15, -0.1) is 0 Å². The second-order valence-electron chi connectivity index (χ2n) is 3.39. The van der Waals surface area contributed by atoms with Crippen LogP contribution in [0, 0.1) is 0 Å². The molecular formula is C11H14BrNO2S. The first-order chi connectivity index (χ1) is 7.49. The standard InChI is InChI=1S/C11H14BrNO2S/c1-10(12)9-13-16(14,15)8-7-11-5-3-2-4-6-11/h2-6,13H,1,7-9H2. The summed E-state index contributed by atoms with van der Waals surface area (Å²) in [6, 6.07) is 9.54. The summed E-state index contributed by atoms with van der Waals surface area (Å²) in [5, 5.41) is 0. The fraction of sp³-hybridized carbons (Fsp3) is 0.273. The van der Waals surface area contributed by atoms with Gasteiger partial charge < -0.3 is 0 Å². The van der Waals surface area contributed by atoms with Gasteiger partial charge in [0, 0.05) is 11.0 Å². The summed E-state index contributed by atoms with van der Waals surface area (Å²) in [5.74, 6) is 0.0945. The van der Waals surface area contributed by atoms with E-state index in [-0.39, 0.29) is 12.3 Å². The molecule has 0 radical (unpaired) electrons. The minimum Gasteiger partial charge on any atom is -0.212 e. The van der Waals surface area contributed by atoms with Crippen LogP contribution in [-0.2, 0) is 16.4 Å². The highest BCUT2D eigenvalue weighted by Crippen LogP contribution is 2.03. The van der Waals surface area contributed by atoms with E-state index >= 15 is 0 Å². The molecule has 1 aromatic rings. The third-order valence-electron chi connectivity index (χ3n) is 1.99. The van der Waals surface area contributed by atoms with Crippen LogP contribution in [0.4, 0.5) is 0 Å². The summed E-state index contributed by atoms with van der Waals surface area (Å²) < 4.78 is 26.1. The first kappa shape index (κ1) is 13.4. The Morgan fingerprint density at radius 1 is 1.31 bits per heavy atom. The number of hydrogen-bond acceptors (Lipinski definition) is 2. The number of halogens is 1. The highest BCUT2D eigenvalue weighted by molar-refractivity contribution is 9.11. The summed E-state index contributed by atoms with van der Waals surface area (Å²) in [5.41, 5.74) is 1.02. The number of hydrogen-bond donors (Lipinski definition) is 1. The van der Waals surface area contributed by atoms with Crippen molar-refractivity contribution in [1.82, 2.24) is 4.72 Å². The fourth-order valence-electron chi connectivity index (χ4n) is 1.16. The predicted octanol–water partition coefficient (Wildman–Crippen LogP) is 2.06. The molecule has 16 heavy (non-hydrogen) atoms. The van der Waals surface area contributed by atoms with E-state index in [0.29, 0.717) is 10.9 Å². The Balaban J connectivity index is 2.45. The molecule has 88 valence electrons. The second-order valence-corrected chi connectivity index (χ2v) is 6.44. The van der Waals surface area contributed by atoms with Crippen molar-refractivity contribution in [1.29, 1.82) is 0 Å². The number of nitrogens with one attached hydrogen (secondary N) is 1. The number of sulfonamides is 1. The monoisotopic (exact) mass is 303 g/mol. The molecule has 0 spiro atoms. The Kier molecular flexibility index (Phi) is 5.18. The normalized spacial score (nSPS) is 11.3. The van der Waals surface area contributed by atoms with Crippen LogP contribution >= 0.6 is 15.9 Å². The van der Waals surface area contributed by atoms with Gasteiger partial charge in [0.05, 0.1) is 5.75 Å². The first-order valence-electron chi connectivity index (χ1n) is 4.84. The fourth-order valence-corrected chi connectivity index (χ4v) is 2.53. The van der Waals surface area contributed by atoms with Crippen molar-refractivity contribution in [2.45, 2.75) is 6.42 Å². The quantitative estimate of drug-likeness (QED) is 0.874. The predicted molar refractivity (Wildman–Crippen MR) is 70.0 cm³/mol. The van der Waals surface area contributed by atoms with Crippen LogP contribution in [0.3, 0.4) is 0 Å². The molecule has 0 aliphatic rings. The summed E-state index contributed by atoms with van der Waals surface area (Å²) >= 11 is 3.10. The van der Waals surface area contributed by atoms with E-state index in [4.69, 9.17) is 0 Å². The van der Waals surface area contributed by atoms with Crippen molar-refractivity contribution in [2.24, 2.45) is 0 Å². The van der Waals surface area contributed by atoms with Gasteiger partial charge in [-0.3, -0.25) is 0 Å². The molecule has 0 aliphatic heterocycles. The van der Waals surface area contributed by atoms with Gasteiger partial charge in [-0.25, -0.2) is 13.1 Å². The van der Waals surface area contributed by atoms with Gasteiger partial charge in [-0.05, 0) is 12.0 Å². The van der Waals surface area contributed by atoms with Crippen LogP contribution in [0.5, 0.6) is 0 Å². The molecular weight excluding hydrogens is 290 g/mol. The van der Waals surface area contributed by atoms with E-state index in [1.165, 1.54) is 0 Å². The maximum Gasteiger partial charge on any atom is 0.212 e. The molecule has 0 heterocycles.